The quantitative estimate of drug-likeness (QED) is 0.336. The molecule has 0 bridgehead atoms. The summed E-state index contributed by atoms with van der Waals surface area (Å²) in [4.78, 5) is 7.04. The lowest BCUT2D eigenvalue weighted by atomic mass is 10.1. The van der Waals surface area contributed by atoms with E-state index in [1.807, 2.05) is 6.92 Å². The molecule has 3 rings (SSSR count). The lowest BCUT2D eigenvalue weighted by Crippen LogP contribution is -2.45. The highest BCUT2D eigenvalue weighted by molar-refractivity contribution is 14.0. The average molecular weight is 476 g/mol. The highest BCUT2D eigenvalue weighted by atomic mass is 127. The molecule has 1 aliphatic carbocycles. The van der Waals surface area contributed by atoms with Crippen LogP contribution in [0.4, 0.5) is 4.39 Å². The number of rotatable bonds is 6. The van der Waals surface area contributed by atoms with Gasteiger partial charge in [0.05, 0.1) is 6.54 Å². The van der Waals surface area contributed by atoms with Gasteiger partial charge in [-0.3, -0.25) is 9.89 Å². The molecule has 1 saturated heterocycles. The van der Waals surface area contributed by atoms with Crippen LogP contribution < -0.4 is 10.6 Å². The number of benzene rings is 1. The van der Waals surface area contributed by atoms with Crippen LogP contribution in [-0.2, 0) is 0 Å². The third-order valence-electron chi connectivity index (χ3n) is 5.01. The average Bonchev–Trinajstić information content (AvgIpc) is 3.36. The summed E-state index contributed by atoms with van der Waals surface area (Å²) < 4.78 is 13.8. The molecule has 3 unspecified atom stereocenters. The number of likely N-dealkylation sites (tertiary alicyclic amines) is 1. The fourth-order valence-electron chi connectivity index (χ4n) is 3.61. The zero-order valence-corrected chi connectivity index (χ0v) is 17.8. The van der Waals surface area contributed by atoms with E-state index >= 15 is 0 Å². The molecule has 1 heterocycles. The molecule has 5 nitrogen and oxygen atoms in total. The molecule has 3 N–H and O–H groups in total. The van der Waals surface area contributed by atoms with E-state index in [1.54, 1.807) is 18.2 Å². The number of nitrogens with one attached hydrogen (secondary N) is 2. The Hall–Kier alpha value is -0.930. The normalized spacial score (nSPS) is 24.8. The van der Waals surface area contributed by atoms with Gasteiger partial charge < -0.3 is 15.7 Å². The number of hydrogen-bond donors (Lipinski definition) is 3. The lowest BCUT2D eigenvalue weighted by molar-refractivity contribution is 0.182. The first-order chi connectivity index (χ1) is 12.1. The third kappa shape index (κ3) is 5.53. The lowest BCUT2D eigenvalue weighted by Gasteiger charge is -2.20. The van der Waals surface area contributed by atoms with Crippen molar-refractivity contribution in [1.29, 1.82) is 0 Å². The fourth-order valence-corrected chi connectivity index (χ4v) is 3.61. The molecule has 7 heteroatoms. The maximum absolute atomic E-state index is 13.8. The molecule has 1 aromatic rings. The number of nitrogens with zero attached hydrogens (tertiary/aromatic N) is 2. The highest BCUT2D eigenvalue weighted by Gasteiger charge is 2.38. The van der Waals surface area contributed by atoms with E-state index in [4.69, 9.17) is 0 Å². The molecule has 26 heavy (non-hydrogen) atoms. The van der Waals surface area contributed by atoms with Crippen molar-refractivity contribution in [3.8, 4) is 0 Å². The molecule has 0 aromatic heterocycles. The van der Waals surface area contributed by atoms with Crippen molar-refractivity contribution in [2.75, 3.05) is 19.6 Å². The van der Waals surface area contributed by atoms with Crippen molar-refractivity contribution in [1.82, 2.24) is 15.5 Å². The summed E-state index contributed by atoms with van der Waals surface area (Å²) in [5.74, 6) is 0.292. The minimum absolute atomic E-state index is 0. The van der Waals surface area contributed by atoms with Gasteiger partial charge in [0.25, 0.3) is 0 Å². The van der Waals surface area contributed by atoms with Gasteiger partial charge in [0.2, 0.25) is 0 Å². The van der Waals surface area contributed by atoms with Crippen molar-refractivity contribution < 1.29 is 9.50 Å². The maximum Gasteiger partial charge on any atom is 0.191 e. The number of aliphatic imine (C=N–C) groups is 1. The molecule has 0 radical (unpaired) electrons. The Labute approximate surface area is 172 Å². The Bertz CT molecular complexity index is 611. The second-order valence-corrected chi connectivity index (χ2v) is 7.11. The van der Waals surface area contributed by atoms with E-state index in [0.717, 1.165) is 25.6 Å². The van der Waals surface area contributed by atoms with Gasteiger partial charge in [-0.2, -0.15) is 0 Å². The second kappa shape index (κ2) is 9.85. The first kappa shape index (κ1) is 21.4. The number of aliphatic hydroxyl groups is 1. The predicted octanol–water partition coefficient (Wildman–Crippen LogP) is 2.66. The maximum atomic E-state index is 13.8. The van der Waals surface area contributed by atoms with Crippen LogP contribution >= 0.6 is 24.0 Å². The Kier molecular flexibility index (Phi) is 8.09. The van der Waals surface area contributed by atoms with Crippen LogP contribution in [0.3, 0.4) is 0 Å². The minimum Gasteiger partial charge on any atom is -0.386 e. The summed E-state index contributed by atoms with van der Waals surface area (Å²) in [6.07, 6.45) is 2.79. The smallest absolute Gasteiger partial charge is 0.191 e. The van der Waals surface area contributed by atoms with E-state index in [1.165, 1.54) is 18.9 Å². The molecule has 1 saturated carbocycles. The first-order valence-corrected chi connectivity index (χ1v) is 9.31. The summed E-state index contributed by atoms with van der Waals surface area (Å²) in [6, 6.07) is 8.02. The Morgan fingerprint density at radius 1 is 1.38 bits per heavy atom. The Morgan fingerprint density at radius 3 is 2.77 bits per heavy atom. The second-order valence-electron chi connectivity index (χ2n) is 7.11. The Balaban J connectivity index is 0.00000243. The Morgan fingerprint density at radius 2 is 2.12 bits per heavy atom. The summed E-state index contributed by atoms with van der Waals surface area (Å²) in [7, 11) is 0. The molecule has 3 atom stereocenters. The van der Waals surface area contributed by atoms with Gasteiger partial charge in [0, 0.05) is 36.8 Å². The SMILES string of the molecule is CCNC(=NCC(O)c1ccccc1F)NC1CC(C)N(C2CC2)C1.I. The molecular weight excluding hydrogens is 446 g/mol. The topological polar surface area (TPSA) is 59.9 Å². The van der Waals surface area contributed by atoms with Crippen molar-refractivity contribution >= 4 is 29.9 Å². The van der Waals surface area contributed by atoms with E-state index in [2.05, 4.69) is 27.4 Å². The van der Waals surface area contributed by atoms with Gasteiger partial charge in [0.15, 0.2) is 5.96 Å². The summed E-state index contributed by atoms with van der Waals surface area (Å²) in [5.41, 5.74) is 0.288. The van der Waals surface area contributed by atoms with Gasteiger partial charge in [-0.15, -0.1) is 24.0 Å². The van der Waals surface area contributed by atoms with Gasteiger partial charge in [-0.25, -0.2) is 4.39 Å². The molecule has 2 aliphatic rings. The standard InChI is InChI=1S/C19H29FN4O.HI/c1-3-21-19(22-11-18(25)16-6-4-5-7-17(16)20)23-14-10-13(2)24(12-14)15-8-9-15;/h4-7,13-15,18,25H,3,8-12H2,1-2H3,(H2,21,22,23);1H. The van der Waals surface area contributed by atoms with Crippen LogP contribution in [0, 0.1) is 5.82 Å². The molecule has 2 fully saturated rings. The molecule has 146 valence electrons. The van der Waals surface area contributed by atoms with Gasteiger partial charge in [-0.05, 0) is 39.2 Å². The highest BCUT2D eigenvalue weighted by Crippen LogP contribution is 2.33. The van der Waals surface area contributed by atoms with Crippen LogP contribution in [0.15, 0.2) is 29.3 Å². The van der Waals surface area contributed by atoms with E-state index in [-0.39, 0.29) is 36.1 Å². The van der Waals surface area contributed by atoms with Crippen LogP contribution in [-0.4, -0.2) is 53.7 Å². The molecule has 1 aromatic carbocycles. The van der Waals surface area contributed by atoms with E-state index in [0.29, 0.717) is 18.0 Å². The number of hydrogen-bond acceptors (Lipinski definition) is 3. The predicted molar refractivity (Wildman–Crippen MR) is 113 cm³/mol. The fraction of sp³-hybridized carbons (Fsp3) is 0.632. The van der Waals surface area contributed by atoms with Gasteiger partial charge in [-0.1, -0.05) is 18.2 Å². The molecule has 1 aliphatic heterocycles. The van der Waals surface area contributed by atoms with Crippen LogP contribution in [0.25, 0.3) is 0 Å². The van der Waals surface area contributed by atoms with Crippen LogP contribution in [0.1, 0.15) is 44.8 Å². The van der Waals surface area contributed by atoms with Gasteiger partial charge in [0.1, 0.15) is 11.9 Å². The van der Waals surface area contributed by atoms with Crippen LogP contribution in [0.2, 0.25) is 0 Å². The van der Waals surface area contributed by atoms with Crippen LogP contribution in [0.5, 0.6) is 0 Å². The minimum atomic E-state index is -0.942. The summed E-state index contributed by atoms with van der Waals surface area (Å²) in [6.45, 7) is 6.21. The largest absolute Gasteiger partial charge is 0.386 e. The van der Waals surface area contributed by atoms with Crippen molar-refractivity contribution in [3.05, 3.63) is 35.6 Å². The first-order valence-electron chi connectivity index (χ1n) is 9.31. The summed E-state index contributed by atoms with van der Waals surface area (Å²) in [5, 5.41) is 16.9. The number of halogens is 2. The van der Waals surface area contributed by atoms with E-state index in [9.17, 15) is 9.50 Å². The number of guanidine groups is 1. The summed E-state index contributed by atoms with van der Waals surface area (Å²) >= 11 is 0. The third-order valence-corrected chi connectivity index (χ3v) is 5.01. The number of aliphatic hydroxyl groups excluding tert-OH is 1. The van der Waals surface area contributed by atoms with Gasteiger partial charge >= 0.3 is 0 Å². The zero-order valence-electron chi connectivity index (χ0n) is 15.5. The zero-order chi connectivity index (χ0) is 17.8. The molecular formula is C19H30FIN4O. The van der Waals surface area contributed by atoms with Crippen molar-refractivity contribution in [2.24, 2.45) is 4.99 Å². The van der Waals surface area contributed by atoms with Crippen molar-refractivity contribution in [2.45, 2.75) is 57.3 Å². The monoisotopic (exact) mass is 476 g/mol. The van der Waals surface area contributed by atoms with E-state index < -0.39 is 11.9 Å². The van der Waals surface area contributed by atoms with Crippen molar-refractivity contribution in [3.63, 3.8) is 0 Å². The molecule has 0 amide bonds. The molecule has 0 spiro atoms.